The van der Waals surface area contributed by atoms with Gasteiger partial charge in [-0.15, -0.1) is 0 Å². The zero-order valence-electron chi connectivity index (χ0n) is 13.1. The second-order valence-electron chi connectivity index (χ2n) is 4.97. The molecule has 1 saturated heterocycles. The van der Waals surface area contributed by atoms with Gasteiger partial charge < -0.3 is 4.74 Å². The van der Waals surface area contributed by atoms with Gasteiger partial charge in [0, 0.05) is 12.4 Å². The molecular weight excluding hydrogens is 358 g/mol. The van der Waals surface area contributed by atoms with E-state index in [9.17, 15) is 9.59 Å². The Hall–Kier alpha value is -2.71. The van der Waals surface area contributed by atoms with E-state index in [4.69, 9.17) is 17.0 Å². The predicted molar refractivity (Wildman–Crippen MR) is 99.7 cm³/mol. The van der Waals surface area contributed by atoms with Gasteiger partial charge in [0.15, 0.2) is 4.32 Å². The predicted octanol–water partition coefficient (Wildman–Crippen LogP) is 2.64. The minimum Gasteiger partial charge on any atom is -0.497 e. The van der Waals surface area contributed by atoms with Crippen molar-refractivity contribution in [1.82, 2.24) is 15.4 Å². The molecule has 2 heterocycles. The standard InChI is InChI=1S/C17H13N3O3S2/c1-23-13-6-4-11(5-7-13)9-14-16(22)20(17(24)25-14)19-15(21)12-3-2-8-18-10-12/h2-10H,1H3,(H,19,21)/b14-9-. The molecule has 6 nitrogen and oxygen atoms in total. The molecule has 25 heavy (non-hydrogen) atoms. The first-order valence-electron chi connectivity index (χ1n) is 7.21. The number of benzene rings is 1. The number of nitrogens with one attached hydrogen (secondary N) is 1. The maximum atomic E-state index is 12.5. The molecule has 1 N–H and O–H groups in total. The zero-order valence-corrected chi connectivity index (χ0v) is 14.8. The van der Waals surface area contributed by atoms with Crippen molar-refractivity contribution in [3.63, 3.8) is 0 Å². The van der Waals surface area contributed by atoms with Gasteiger partial charge in [0.05, 0.1) is 17.6 Å². The molecule has 0 saturated carbocycles. The molecule has 1 fully saturated rings. The maximum absolute atomic E-state index is 12.5. The summed E-state index contributed by atoms with van der Waals surface area (Å²) in [5, 5.41) is 1.07. The molecule has 1 aliphatic rings. The van der Waals surface area contributed by atoms with Gasteiger partial charge in [-0.25, -0.2) is 0 Å². The van der Waals surface area contributed by atoms with Gasteiger partial charge in [0.25, 0.3) is 11.8 Å². The quantitative estimate of drug-likeness (QED) is 0.658. The first kappa shape index (κ1) is 17.1. The van der Waals surface area contributed by atoms with Crippen LogP contribution in [-0.4, -0.2) is 33.2 Å². The van der Waals surface area contributed by atoms with E-state index < -0.39 is 5.91 Å². The lowest BCUT2D eigenvalue weighted by molar-refractivity contribution is -0.123. The van der Waals surface area contributed by atoms with Crippen LogP contribution < -0.4 is 10.2 Å². The largest absolute Gasteiger partial charge is 0.497 e. The SMILES string of the molecule is COc1ccc(/C=C2\SC(=S)N(NC(=O)c3cccnc3)C2=O)cc1. The highest BCUT2D eigenvalue weighted by Crippen LogP contribution is 2.31. The van der Waals surface area contributed by atoms with Crippen molar-refractivity contribution >= 4 is 46.2 Å². The number of ether oxygens (including phenoxy) is 1. The Morgan fingerprint density at radius 3 is 2.72 bits per heavy atom. The number of nitrogens with zero attached hydrogens (tertiary/aromatic N) is 2. The number of thioether (sulfide) groups is 1. The zero-order chi connectivity index (χ0) is 17.8. The van der Waals surface area contributed by atoms with E-state index in [0.29, 0.717) is 10.5 Å². The van der Waals surface area contributed by atoms with Crippen LogP contribution in [0.25, 0.3) is 6.08 Å². The fraction of sp³-hybridized carbons (Fsp3) is 0.0588. The van der Waals surface area contributed by atoms with Crippen LogP contribution in [0.15, 0.2) is 53.7 Å². The van der Waals surface area contributed by atoms with E-state index in [1.165, 1.54) is 6.20 Å². The Labute approximate surface area is 153 Å². The lowest BCUT2D eigenvalue weighted by Crippen LogP contribution is -2.44. The number of pyridine rings is 1. The van der Waals surface area contributed by atoms with Gasteiger partial charge >= 0.3 is 0 Å². The summed E-state index contributed by atoms with van der Waals surface area (Å²) < 4.78 is 5.37. The lowest BCUT2D eigenvalue weighted by Gasteiger charge is -2.15. The van der Waals surface area contributed by atoms with Gasteiger partial charge in [-0.1, -0.05) is 23.9 Å². The summed E-state index contributed by atoms with van der Waals surface area (Å²) in [6.45, 7) is 0. The second-order valence-corrected chi connectivity index (χ2v) is 6.65. The summed E-state index contributed by atoms with van der Waals surface area (Å²) in [7, 11) is 1.59. The normalized spacial score (nSPS) is 15.6. The number of amides is 2. The maximum Gasteiger partial charge on any atom is 0.285 e. The van der Waals surface area contributed by atoms with E-state index in [-0.39, 0.29) is 10.2 Å². The molecule has 0 spiro atoms. The van der Waals surface area contributed by atoms with Crippen LogP contribution in [0.1, 0.15) is 15.9 Å². The third-order valence-electron chi connectivity index (χ3n) is 3.34. The smallest absolute Gasteiger partial charge is 0.285 e. The average Bonchev–Trinajstić information content (AvgIpc) is 2.90. The third-order valence-corrected chi connectivity index (χ3v) is 4.65. The number of hydrazine groups is 1. The van der Waals surface area contributed by atoms with Crippen LogP contribution in [0.5, 0.6) is 5.75 Å². The summed E-state index contributed by atoms with van der Waals surface area (Å²) in [6.07, 6.45) is 4.70. The first-order chi connectivity index (χ1) is 12.1. The van der Waals surface area contributed by atoms with Gasteiger partial charge in [0.2, 0.25) is 0 Å². The fourth-order valence-corrected chi connectivity index (χ4v) is 3.26. The van der Waals surface area contributed by atoms with E-state index in [1.807, 2.05) is 12.1 Å². The van der Waals surface area contributed by atoms with Crippen molar-refractivity contribution in [1.29, 1.82) is 0 Å². The van der Waals surface area contributed by atoms with Crippen molar-refractivity contribution in [2.24, 2.45) is 0 Å². The molecule has 1 aromatic carbocycles. The Morgan fingerprint density at radius 2 is 2.08 bits per heavy atom. The molecule has 8 heteroatoms. The van der Waals surface area contributed by atoms with Crippen LogP contribution >= 0.6 is 24.0 Å². The van der Waals surface area contributed by atoms with Gasteiger partial charge in [-0.3, -0.25) is 20.0 Å². The first-order valence-corrected chi connectivity index (χ1v) is 8.44. The molecule has 0 bridgehead atoms. The Kier molecular flexibility index (Phi) is 5.11. The number of carbonyl (C=O) groups is 2. The number of rotatable bonds is 4. The van der Waals surface area contributed by atoms with E-state index in [2.05, 4.69) is 10.4 Å². The minimum absolute atomic E-state index is 0.266. The summed E-state index contributed by atoms with van der Waals surface area (Å²) >= 11 is 6.33. The van der Waals surface area contributed by atoms with E-state index >= 15 is 0 Å². The number of thiocarbonyl (C=S) groups is 1. The average molecular weight is 371 g/mol. The van der Waals surface area contributed by atoms with Gasteiger partial charge in [-0.05, 0) is 48.1 Å². The van der Waals surface area contributed by atoms with Gasteiger partial charge in [0.1, 0.15) is 5.75 Å². The summed E-state index contributed by atoms with van der Waals surface area (Å²) in [5.74, 6) is -0.0911. The Bertz CT molecular complexity index is 851. The second kappa shape index (κ2) is 7.45. The molecule has 2 aromatic rings. The molecule has 126 valence electrons. The van der Waals surface area contributed by atoms with E-state index in [0.717, 1.165) is 28.1 Å². The van der Waals surface area contributed by atoms with Crippen LogP contribution in [0.4, 0.5) is 0 Å². The van der Waals surface area contributed by atoms with Crippen molar-refractivity contribution in [2.45, 2.75) is 0 Å². The molecule has 0 atom stereocenters. The summed E-state index contributed by atoms with van der Waals surface area (Å²) in [4.78, 5) is 29.0. The highest BCUT2D eigenvalue weighted by Gasteiger charge is 2.33. The van der Waals surface area contributed by atoms with Gasteiger partial charge in [-0.2, -0.15) is 5.01 Å². The van der Waals surface area contributed by atoms with Crippen LogP contribution in [0.3, 0.4) is 0 Å². The van der Waals surface area contributed by atoms with Crippen LogP contribution in [0, 0.1) is 0 Å². The highest BCUT2D eigenvalue weighted by molar-refractivity contribution is 8.26. The van der Waals surface area contributed by atoms with E-state index in [1.54, 1.807) is 43.6 Å². The number of hydrogen-bond donors (Lipinski definition) is 1. The Morgan fingerprint density at radius 1 is 1.32 bits per heavy atom. The molecular formula is C17H13N3O3S2. The summed E-state index contributed by atoms with van der Waals surface area (Å²) in [5.41, 5.74) is 3.69. The molecule has 0 radical (unpaired) electrons. The Balaban J connectivity index is 1.75. The molecule has 0 unspecified atom stereocenters. The lowest BCUT2D eigenvalue weighted by atomic mass is 10.2. The number of carbonyl (C=O) groups excluding carboxylic acids is 2. The molecule has 0 aliphatic carbocycles. The number of methoxy groups -OCH3 is 1. The summed E-state index contributed by atoms with van der Waals surface area (Å²) in [6, 6.07) is 10.5. The molecule has 1 aliphatic heterocycles. The molecule has 2 amide bonds. The van der Waals surface area contributed by atoms with Crippen molar-refractivity contribution in [3.05, 3.63) is 64.8 Å². The van der Waals surface area contributed by atoms with Crippen molar-refractivity contribution in [3.8, 4) is 5.75 Å². The number of hydrogen-bond acceptors (Lipinski definition) is 6. The molecule has 1 aromatic heterocycles. The van der Waals surface area contributed by atoms with Crippen LogP contribution in [0.2, 0.25) is 0 Å². The molecule has 3 rings (SSSR count). The highest BCUT2D eigenvalue weighted by atomic mass is 32.2. The fourth-order valence-electron chi connectivity index (χ4n) is 2.08. The van der Waals surface area contributed by atoms with Crippen molar-refractivity contribution < 1.29 is 14.3 Å². The topological polar surface area (TPSA) is 71.5 Å². The van der Waals surface area contributed by atoms with Crippen LogP contribution in [-0.2, 0) is 4.79 Å². The minimum atomic E-state index is -0.449. The monoisotopic (exact) mass is 371 g/mol. The third kappa shape index (κ3) is 3.86. The van der Waals surface area contributed by atoms with Crippen molar-refractivity contribution in [2.75, 3.05) is 7.11 Å². The number of aromatic nitrogens is 1.